The minimum Gasteiger partial charge on any atom is -0.478 e. The molecule has 0 aromatic heterocycles. The lowest BCUT2D eigenvalue weighted by Gasteiger charge is -2.03. The highest BCUT2D eigenvalue weighted by atomic mass is 16.4. The molecule has 1 N–H and O–H groups in total. The van der Waals surface area contributed by atoms with E-state index in [9.17, 15) is 4.79 Å². The number of benzene rings is 1. The number of carboxylic acid groups (broad SMARTS) is 1. The Balaban J connectivity index is 3.11. The van der Waals surface area contributed by atoms with Crippen LogP contribution >= 0.6 is 0 Å². The maximum atomic E-state index is 10.5. The summed E-state index contributed by atoms with van der Waals surface area (Å²) >= 11 is 0. The SMILES string of the molecule is [CH2]c1ccccc1C(=C)C(=O)O. The number of hydrogen-bond donors (Lipinski definition) is 1. The van der Waals surface area contributed by atoms with E-state index in [1.807, 2.05) is 0 Å². The van der Waals surface area contributed by atoms with Crippen LogP contribution in [0.1, 0.15) is 11.1 Å². The molecule has 0 heterocycles. The maximum absolute atomic E-state index is 10.5. The molecule has 0 saturated carbocycles. The van der Waals surface area contributed by atoms with Crippen LogP contribution in [0.2, 0.25) is 0 Å². The van der Waals surface area contributed by atoms with Crippen LogP contribution < -0.4 is 0 Å². The predicted octanol–water partition coefficient (Wildman–Crippen LogP) is 1.97. The molecule has 1 aromatic carbocycles. The van der Waals surface area contributed by atoms with E-state index in [1.54, 1.807) is 24.3 Å². The van der Waals surface area contributed by atoms with Crippen LogP contribution in [0, 0.1) is 6.92 Å². The monoisotopic (exact) mass is 161 g/mol. The van der Waals surface area contributed by atoms with Gasteiger partial charge in [-0.15, -0.1) is 0 Å². The first-order valence-electron chi connectivity index (χ1n) is 3.46. The van der Waals surface area contributed by atoms with E-state index in [0.29, 0.717) is 11.1 Å². The van der Waals surface area contributed by atoms with Crippen LogP contribution in [0.5, 0.6) is 0 Å². The summed E-state index contributed by atoms with van der Waals surface area (Å²) in [6.07, 6.45) is 0. The Hall–Kier alpha value is -1.57. The first-order valence-corrected chi connectivity index (χ1v) is 3.46. The Labute approximate surface area is 71.2 Å². The summed E-state index contributed by atoms with van der Waals surface area (Å²) in [4.78, 5) is 10.5. The van der Waals surface area contributed by atoms with Gasteiger partial charge in [0.15, 0.2) is 0 Å². The maximum Gasteiger partial charge on any atom is 0.335 e. The van der Waals surface area contributed by atoms with Crippen LogP contribution in [0.3, 0.4) is 0 Å². The van der Waals surface area contributed by atoms with Gasteiger partial charge in [-0.2, -0.15) is 0 Å². The number of carbonyl (C=O) groups is 1. The summed E-state index contributed by atoms with van der Waals surface area (Å²) < 4.78 is 0. The molecular formula is C10H9O2. The van der Waals surface area contributed by atoms with Crippen molar-refractivity contribution in [2.45, 2.75) is 0 Å². The third kappa shape index (κ3) is 1.53. The fourth-order valence-electron chi connectivity index (χ4n) is 0.930. The van der Waals surface area contributed by atoms with E-state index in [2.05, 4.69) is 13.5 Å². The topological polar surface area (TPSA) is 37.3 Å². The van der Waals surface area contributed by atoms with Crippen molar-refractivity contribution < 1.29 is 9.90 Å². The molecule has 61 valence electrons. The zero-order chi connectivity index (χ0) is 9.14. The molecule has 12 heavy (non-hydrogen) atoms. The largest absolute Gasteiger partial charge is 0.478 e. The standard InChI is InChI=1S/C10H9O2/c1-7-5-3-4-6-9(7)8(2)10(11)12/h3-6H,1-2H2,(H,11,12). The summed E-state index contributed by atoms with van der Waals surface area (Å²) in [6.45, 7) is 7.15. The molecule has 2 heteroatoms. The molecule has 1 aromatic rings. The van der Waals surface area contributed by atoms with Crippen molar-refractivity contribution in [2.24, 2.45) is 0 Å². The second-order valence-corrected chi connectivity index (χ2v) is 2.44. The molecule has 2 nitrogen and oxygen atoms in total. The molecule has 0 spiro atoms. The van der Waals surface area contributed by atoms with Gasteiger partial charge in [0, 0.05) is 0 Å². The van der Waals surface area contributed by atoms with Gasteiger partial charge >= 0.3 is 5.97 Å². The lowest BCUT2D eigenvalue weighted by Crippen LogP contribution is -1.99. The fourth-order valence-corrected chi connectivity index (χ4v) is 0.930. The number of hydrogen-bond acceptors (Lipinski definition) is 1. The van der Waals surface area contributed by atoms with E-state index >= 15 is 0 Å². The minimum absolute atomic E-state index is 0.0839. The predicted molar refractivity (Wildman–Crippen MR) is 47.6 cm³/mol. The quantitative estimate of drug-likeness (QED) is 0.673. The highest BCUT2D eigenvalue weighted by Gasteiger charge is 2.08. The van der Waals surface area contributed by atoms with Gasteiger partial charge in [-0.1, -0.05) is 30.8 Å². The fraction of sp³-hybridized carbons (Fsp3) is 0. The van der Waals surface area contributed by atoms with Crippen molar-refractivity contribution in [3.05, 3.63) is 48.9 Å². The zero-order valence-corrected chi connectivity index (χ0v) is 6.58. The number of carboxylic acids is 1. The summed E-state index contributed by atoms with van der Waals surface area (Å²) in [6, 6.07) is 7.02. The summed E-state index contributed by atoms with van der Waals surface area (Å²) in [5.41, 5.74) is 1.36. The first-order chi connectivity index (χ1) is 5.63. The Kier molecular flexibility index (Phi) is 2.29. The van der Waals surface area contributed by atoms with Crippen molar-refractivity contribution >= 4 is 11.5 Å². The molecular weight excluding hydrogens is 152 g/mol. The minimum atomic E-state index is -1.01. The Morgan fingerprint density at radius 2 is 1.92 bits per heavy atom. The first kappa shape index (κ1) is 8.53. The van der Waals surface area contributed by atoms with E-state index < -0.39 is 5.97 Å². The van der Waals surface area contributed by atoms with E-state index in [1.165, 1.54) is 0 Å². The second kappa shape index (κ2) is 3.22. The van der Waals surface area contributed by atoms with Crippen molar-refractivity contribution in [2.75, 3.05) is 0 Å². The van der Waals surface area contributed by atoms with E-state index in [0.717, 1.165) is 0 Å². The number of aliphatic carboxylic acids is 1. The molecule has 0 aliphatic carbocycles. The van der Waals surface area contributed by atoms with Crippen LogP contribution in [0.4, 0.5) is 0 Å². The Morgan fingerprint density at radius 3 is 2.42 bits per heavy atom. The lowest BCUT2D eigenvalue weighted by molar-refractivity contribution is -0.130. The van der Waals surface area contributed by atoms with Gasteiger partial charge in [0.05, 0.1) is 5.57 Å². The molecule has 0 atom stereocenters. The van der Waals surface area contributed by atoms with Crippen LogP contribution in [0.15, 0.2) is 30.8 Å². The second-order valence-electron chi connectivity index (χ2n) is 2.44. The van der Waals surface area contributed by atoms with Crippen molar-refractivity contribution in [1.82, 2.24) is 0 Å². The Morgan fingerprint density at radius 1 is 1.33 bits per heavy atom. The van der Waals surface area contributed by atoms with Crippen molar-refractivity contribution in [1.29, 1.82) is 0 Å². The van der Waals surface area contributed by atoms with Crippen LogP contribution in [-0.4, -0.2) is 11.1 Å². The van der Waals surface area contributed by atoms with Crippen molar-refractivity contribution in [3.63, 3.8) is 0 Å². The molecule has 0 bridgehead atoms. The molecule has 0 aliphatic heterocycles. The summed E-state index contributed by atoms with van der Waals surface area (Å²) in [5.74, 6) is -1.01. The van der Waals surface area contributed by atoms with Crippen LogP contribution in [0.25, 0.3) is 5.57 Å². The van der Waals surface area contributed by atoms with Gasteiger partial charge in [0.1, 0.15) is 0 Å². The highest BCUT2D eigenvalue weighted by Crippen LogP contribution is 2.16. The van der Waals surface area contributed by atoms with Crippen molar-refractivity contribution in [3.8, 4) is 0 Å². The summed E-state index contributed by atoms with van der Waals surface area (Å²) in [7, 11) is 0. The van der Waals surface area contributed by atoms with Gasteiger partial charge in [-0.25, -0.2) is 4.79 Å². The van der Waals surface area contributed by atoms with Gasteiger partial charge in [-0.05, 0) is 18.1 Å². The van der Waals surface area contributed by atoms with Gasteiger partial charge in [0.2, 0.25) is 0 Å². The van der Waals surface area contributed by atoms with Gasteiger partial charge in [-0.3, -0.25) is 0 Å². The average molecular weight is 161 g/mol. The zero-order valence-electron chi connectivity index (χ0n) is 6.58. The van der Waals surface area contributed by atoms with Crippen LogP contribution in [-0.2, 0) is 4.79 Å². The van der Waals surface area contributed by atoms with Gasteiger partial charge in [0.25, 0.3) is 0 Å². The smallest absolute Gasteiger partial charge is 0.335 e. The lowest BCUT2D eigenvalue weighted by atomic mass is 10.0. The molecule has 0 saturated heterocycles. The van der Waals surface area contributed by atoms with Gasteiger partial charge < -0.3 is 5.11 Å². The normalized spacial score (nSPS) is 9.42. The molecule has 1 radical (unpaired) electrons. The number of rotatable bonds is 2. The molecule has 0 fully saturated rings. The molecule has 0 aliphatic rings. The Bertz CT molecular complexity index is 326. The molecule has 1 rings (SSSR count). The third-order valence-corrected chi connectivity index (χ3v) is 1.60. The summed E-state index contributed by atoms with van der Waals surface area (Å²) in [5, 5.41) is 8.63. The molecule has 0 amide bonds. The van der Waals surface area contributed by atoms with E-state index in [4.69, 9.17) is 5.11 Å². The third-order valence-electron chi connectivity index (χ3n) is 1.60. The molecule has 0 unspecified atom stereocenters. The highest BCUT2D eigenvalue weighted by molar-refractivity contribution is 6.14. The van der Waals surface area contributed by atoms with E-state index in [-0.39, 0.29) is 5.57 Å². The average Bonchev–Trinajstić information content (AvgIpc) is 2.04.